The van der Waals surface area contributed by atoms with E-state index in [1.165, 1.54) is 0 Å². The lowest BCUT2D eigenvalue weighted by Gasteiger charge is -2.21. The summed E-state index contributed by atoms with van der Waals surface area (Å²) in [6, 6.07) is 0. The highest BCUT2D eigenvalue weighted by molar-refractivity contribution is 5.85. The number of nitrogens with zero attached hydrogens (tertiary/aromatic N) is 1. The van der Waals surface area contributed by atoms with Crippen molar-refractivity contribution in [2.45, 2.75) is 26.7 Å². The molecule has 0 unspecified atom stereocenters. The van der Waals surface area contributed by atoms with Gasteiger partial charge >= 0.3 is 0 Å². The van der Waals surface area contributed by atoms with Crippen molar-refractivity contribution in [2.75, 3.05) is 33.2 Å². The maximum Gasteiger partial charge on any atom is 0.239 e. The molecule has 0 aromatic carbocycles. The molecular weight excluding hydrogens is 206 g/mol. The normalized spacial score (nSPS) is 9.94. The molecule has 2 amide bonds. The first-order valence-corrected chi connectivity index (χ1v) is 5.84. The van der Waals surface area contributed by atoms with Crippen molar-refractivity contribution in [1.82, 2.24) is 15.5 Å². The maximum atomic E-state index is 11.6. The van der Waals surface area contributed by atoms with Gasteiger partial charge in [-0.05, 0) is 19.9 Å². The Balaban J connectivity index is 4.10. The highest BCUT2D eigenvalue weighted by Crippen LogP contribution is 1.92. The zero-order valence-electron chi connectivity index (χ0n) is 10.5. The summed E-state index contributed by atoms with van der Waals surface area (Å²) in [5, 5.41) is 5.56. The predicted molar refractivity (Wildman–Crippen MR) is 64.1 cm³/mol. The highest BCUT2D eigenvalue weighted by atomic mass is 16.2. The van der Waals surface area contributed by atoms with Gasteiger partial charge in [0.2, 0.25) is 11.8 Å². The van der Waals surface area contributed by atoms with Gasteiger partial charge in [0.25, 0.3) is 0 Å². The Hall–Kier alpha value is -1.10. The average Bonchev–Trinajstić information content (AvgIpc) is 2.26. The zero-order chi connectivity index (χ0) is 12.4. The Morgan fingerprint density at radius 1 is 1.19 bits per heavy atom. The third-order valence-corrected chi connectivity index (χ3v) is 2.08. The van der Waals surface area contributed by atoms with Crippen molar-refractivity contribution in [2.24, 2.45) is 0 Å². The van der Waals surface area contributed by atoms with Crippen molar-refractivity contribution in [1.29, 1.82) is 0 Å². The van der Waals surface area contributed by atoms with E-state index in [1.54, 1.807) is 11.9 Å². The second-order valence-corrected chi connectivity index (χ2v) is 3.70. The minimum atomic E-state index is -0.0836. The molecule has 2 N–H and O–H groups in total. The van der Waals surface area contributed by atoms with Gasteiger partial charge in [0.1, 0.15) is 0 Å². The van der Waals surface area contributed by atoms with Gasteiger partial charge in [-0.15, -0.1) is 0 Å². The molecule has 0 aliphatic carbocycles. The van der Waals surface area contributed by atoms with Crippen LogP contribution in [0.5, 0.6) is 0 Å². The molecule has 0 heterocycles. The van der Waals surface area contributed by atoms with E-state index >= 15 is 0 Å². The lowest BCUT2D eigenvalue weighted by Crippen LogP contribution is -2.44. The van der Waals surface area contributed by atoms with Gasteiger partial charge in [0, 0.05) is 13.1 Å². The second-order valence-electron chi connectivity index (χ2n) is 3.70. The van der Waals surface area contributed by atoms with Crippen LogP contribution in [-0.2, 0) is 9.59 Å². The SMILES string of the molecule is CCCNC(=O)CN(CCC)C(=O)CNC. The number of amides is 2. The second kappa shape index (κ2) is 9.15. The van der Waals surface area contributed by atoms with Crippen LogP contribution < -0.4 is 10.6 Å². The van der Waals surface area contributed by atoms with E-state index in [4.69, 9.17) is 0 Å². The molecule has 0 aromatic rings. The summed E-state index contributed by atoms with van der Waals surface area (Å²) in [6.45, 7) is 5.72. The number of hydrogen-bond acceptors (Lipinski definition) is 3. The summed E-state index contributed by atoms with van der Waals surface area (Å²) < 4.78 is 0. The predicted octanol–water partition coefficient (Wildman–Crippen LogP) is -0.0294. The Kier molecular flexibility index (Phi) is 8.52. The monoisotopic (exact) mass is 229 g/mol. The first-order chi connectivity index (χ1) is 7.65. The molecule has 0 radical (unpaired) electrons. The molecule has 0 aliphatic heterocycles. The molecular formula is C11H23N3O2. The van der Waals surface area contributed by atoms with Crippen molar-refractivity contribution in [3.63, 3.8) is 0 Å². The van der Waals surface area contributed by atoms with Crippen LogP contribution in [0.4, 0.5) is 0 Å². The molecule has 0 fully saturated rings. The van der Waals surface area contributed by atoms with E-state index in [0.29, 0.717) is 13.1 Å². The van der Waals surface area contributed by atoms with Crippen LogP contribution in [0.3, 0.4) is 0 Å². The van der Waals surface area contributed by atoms with E-state index in [0.717, 1.165) is 12.8 Å². The summed E-state index contributed by atoms with van der Waals surface area (Å²) in [5.41, 5.74) is 0. The van der Waals surface area contributed by atoms with Crippen LogP contribution in [0, 0.1) is 0 Å². The van der Waals surface area contributed by atoms with E-state index in [-0.39, 0.29) is 24.9 Å². The van der Waals surface area contributed by atoms with Gasteiger partial charge in [0.05, 0.1) is 13.1 Å². The molecule has 0 saturated heterocycles. The summed E-state index contributed by atoms with van der Waals surface area (Å²) in [4.78, 5) is 24.7. The number of likely N-dealkylation sites (N-methyl/N-ethyl adjacent to an activating group) is 1. The summed E-state index contributed by atoms with van der Waals surface area (Å²) in [7, 11) is 1.72. The fraction of sp³-hybridized carbons (Fsp3) is 0.818. The fourth-order valence-corrected chi connectivity index (χ4v) is 1.32. The molecule has 0 bridgehead atoms. The van der Waals surface area contributed by atoms with Gasteiger partial charge in [-0.25, -0.2) is 0 Å². The lowest BCUT2D eigenvalue weighted by molar-refractivity contribution is -0.135. The summed E-state index contributed by atoms with van der Waals surface area (Å²) in [6.07, 6.45) is 1.76. The smallest absolute Gasteiger partial charge is 0.239 e. The first kappa shape index (κ1) is 14.9. The summed E-state index contributed by atoms with van der Waals surface area (Å²) >= 11 is 0. The number of rotatable bonds is 8. The van der Waals surface area contributed by atoms with Crippen LogP contribution in [0.2, 0.25) is 0 Å². The van der Waals surface area contributed by atoms with Crippen molar-refractivity contribution < 1.29 is 9.59 Å². The van der Waals surface area contributed by atoms with Gasteiger partial charge < -0.3 is 15.5 Å². The first-order valence-electron chi connectivity index (χ1n) is 5.84. The third-order valence-electron chi connectivity index (χ3n) is 2.08. The Labute approximate surface area is 97.6 Å². The molecule has 0 aliphatic rings. The van der Waals surface area contributed by atoms with E-state index in [2.05, 4.69) is 10.6 Å². The van der Waals surface area contributed by atoms with E-state index in [9.17, 15) is 9.59 Å². The molecule has 0 atom stereocenters. The fourth-order valence-electron chi connectivity index (χ4n) is 1.32. The molecule has 0 saturated carbocycles. The zero-order valence-corrected chi connectivity index (χ0v) is 10.5. The number of carbonyl (C=O) groups is 2. The number of carbonyl (C=O) groups excluding carboxylic acids is 2. The van der Waals surface area contributed by atoms with Crippen molar-refractivity contribution in [3.05, 3.63) is 0 Å². The highest BCUT2D eigenvalue weighted by Gasteiger charge is 2.14. The van der Waals surface area contributed by atoms with E-state index < -0.39 is 0 Å². The molecule has 0 aromatic heterocycles. The van der Waals surface area contributed by atoms with Gasteiger partial charge in [-0.2, -0.15) is 0 Å². The molecule has 0 spiro atoms. The minimum absolute atomic E-state index is 0.0315. The molecule has 94 valence electrons. The quantitative estimate of drug-likeness (QED) is 0.614. The Morgan fingerprint density at radius 2 is 1.88 bits per heavy atom. The summed E-state index contributed by atoms with van der Waals surface area (Å²) in [5.74, 6) is -0.115. The minimum Gasteiger partial charge on any atom is -0.355 e. The van der Waals surface area contributed by atoms with Gasteiger partial charge in [-0.3, -0.25) is 9.59 Å². The van der Waals surface area contributed by atoms with Crippen LogP contribution >= 0.6 is 0 Å². The van der Waals surface area contributed by atoms with Crippen LogP contribution in [0.15, 0.2) is 0 Å². The Morgan fingerprint density at radius 3 is 2.38 bits per heavy atom. The van der Waals surface area contributed by atoms with Crippen LogP contribution in [0.1, 0.15) is 26.7 Å². The van der Waals surface area contributed by atoms with Gasteiger partial charge in [-0.1, -0.05) is 13.8 Å². The Bertz CT molecular complexity index is 219. The van der Waals surface area contributed by atoms with Crippen molar-refractivity contribution >= 4 is 11.8 Å². The molecule has 5 heteroatoms. The molecule has 16 heavy (non-hydrogen) atoms. The third kappa shape index (κ3) is 6.40. The maximum absolute atomic E-state index is 11.6. The van der Waals surface area contributed by atoms with Crippen molar-refractivity contribution in [3.8, 4) is 0 Å². The van der Waals surface area contributed by atoms with Crippen LogP contribution in [-0.4, -0.2) is 49.9 Å². The van der Waals surface area contributed by atoms with Gasteiger partial charge in [0.15, 0.2) is 0 Å². The standard InChI is InChI=1S/C11H23N3O2/c1-4-6-13-10(15)9-14(7-5-2)11(16)8-12-3/h12H,4-9H2,1-3H3,(H,13,15). The lowest BCUT2D eigenvalue weighted by atomic mass is 10.3. The largest absolute Gasteiger partial charge is 0.355 e. The van der Waals surface area contributed by atoms with Crippen LogP contribution in [0.25, 0.3) is 0 Å². The molecule has 5 nitrogen and oxygen atoms in total. The topological polar surface area (TPSA) is 61.4 Å². The molecule has 0 rings (SSSR count). The average molecular weight is 229 g/mol. The number of nitrogens with one attached hydrogen (secondary N) is 2. The van der Waals surface area contributed by atoms with E-state index in [1.807, 2.05) is 13.8 Å². The number of hydrogen-bond donors (Lipinski definition) is 2.